The fourth-order valence-electron chi connectivity index (χ4n) is 1.41. The molecule has 0 amide bonds. The second-order valence-corrected chi connectivity index (χ2v) is 5.61. The Kier molecular flexibility index (Phi) is 4.24. The van der Waals surface area contributed by atoms with E-state index in [0.717, 1.165) is 14.9 Å². The van der Waals surface area contributed by atoms with Gasteiger partial charge in [0.1, 0.15) is 11.6 Å². The Morgan fingerprint density at radius 3 is 2.61 bits per heavy atom. The second kappa shape index (κ2) is 5.71. The third kappa shape index (κ3) is 3.23. The highest BCUT2D eigenvalue weighted by Gasteiger charge is 2.05. The van der Waals surface area contributed by atoms with Crippen LogP contribution in [-0.2, 0) is 5.75 Å². The smallest absolute Gasteiger partial charge is 0.147 e. The van der Waals surface area contributed by atoms with Crippen LogP contribution in [0.5, 0.6) is 0 Å². The van der Waals surface area contributed by atoms with Gasteiger partial charge < -0.3 is 5.73 Å². The lowest BCUT2D eigenvalue weighted by atomic mass is 10.2. The molecule has 0 bridgehead atoms. The summed E-state index contributed by atoms with van der Waals surface area (Å²) < 4.78 is 27.2. The van der Waals surface area contributed by atoms with Crippen LogP contribution in [-0.4, -0.2) is 0 Å². The van der Waals surface area contributed by atoms with Crippen molar-refractivity contribution in [1.29, 1.82) is 0 Å². The van der Waals surface area contributed by atoms with Crippen LogP contribution >= 0.6 is 27.7 Å². The van der Waals surface area contributed by atoms with Gasteiger partial charge in [0.25, 0.3) is 0 Å². The molecule has 5 heteroatoms. The minimum Gasteiger partial charge on any atom is -0.396 e. The Balaban J connectivity index is 2.11. The van der Waals surface area contributed by atoms with Crippen molar-refractivity contribution in [2.75, 3.05) is 5.73 Å². The highest BCUT2D eigenvalue weighted by atomic mass is 79.9. The van der Waals surface area contributed by atoms with Crippen LogP contribution in [0.1, 0.15) is 5.56 Å². The molecule has 0 unspecified atom stereocenters. The molecule has 2 N–H and O–H groups in total. The SMILES string of the molecule is Nc1ccc(SCc2cc(F)ccc2Br)cc1F. The van der Waals surface area contributed by atoms with Gasteiger partial charge >= 0.3 is 0 Å². The fraction of sp³-hybridized carbons (Fsp3) is 0.0769. The van der Waals surface area contributed by atoms with Crippen LogP contribution in [0.15, 0.2) is 45.8 Å². The highest BCUT2D eigenvalue weighted by Crippen LogP contribution is 2.28. The molecular weight excluding hydrogens is 320 g/mol. The maximum absolute atomic E-state index is 13.2. The predicted octanol–water partition coefficient (Wildman–Crippen LogP) is 4.60. The van der Waals surface area contributed by atoms with Crippen molar-refractivity contribution in [2.24, 2.45) is 0 Å². The molecule has 0 aliphatic rings. The van der Waals surface area contributed by atoms with E-state index in [1.807, 2.05) is 0 Å². The van der Waals surface area contributed by atoms with Crippen molar-refractivity contribution in [3.63, 3.8) is 0 Å². The van der Waals surface area contributed by atoms with E-state index in [1.165, 1.54) is 36.0 Å². The minimum absolute atomic E-state index is 0.131. The van der Waals surface area contributed by atoms with E-state index in [-0.39, 0.29) is 11.5 Å². The summed E-state index contributed by atoms with van der Waals surface area (Å²) in [5, 5.41) is 0. The number of anilines is 1. The van der Waals surface area contributed by atoms with Gasteiger partial charge in [-0.2, -0.15) is 0 Å². The van der Waals surface area contributed by atoms with Crippen LogP contribution in [0.2, 0.25) is 0 Å². The molecule has 0 spiro atoms. The summed E-state index contributed by atoms with van der Waals surface area (Å²) in [7, 11) is 0. The van der Waals surface area contributed by atoms with E-state index in [4.69, 9.17) is 5.73 Å². The summed E-state index contributed by atoms with van der Waals surface area (Å²) in [6.07, 6.45) is 0. The van der Waals surface area contributed by atoms with Gasteiger partial charge in [-0.1, -0.05) is 15.9 Å². The van der Waals surface area contributed by atoms with Gasteiger partial charge in [0.2, 0.25) is 0 Å². The second-order valence-electron chi connectivity index (χ2n) is 3.71. The topological polar surface area (TPSA) is 26.0 Å². The molecule has 18 heavy (non-hydrogen) atoms. The van der Waals surface area contributed by atoms with E-state index in [9.17, 15) is 8.78 Å². The molecule has 0 heterocycles. The van der Waals surface area contributed by atoms with Gasteiger partial charge in [-0.15, -0.1) is 11.8 Å². The van der Waals surface area contributed by atoms with Gasteiger partial charge in [-0.3, -0.25) is 0 Å². The van der Waals surface area contributed by atoms with Crippen LogP contribution in [0.25, 0.3) is 0 Å². The van der Waals surface area contributed by atoms with Gasteiger partial charge in [0, 0.05) is 15.1 Å². The lowest BCUT2D eigenvalue weighted by Gasteiger charge is -2.06. The van der Waals surface area contributed by atoms with Crippen molar-refractivity contribution in [3.05, 3.63) is 58.1 Å². The third-order valence-corrected chi connectivity index (χ3v) is 4.19. The molecule has 0 aliphatic carbocycles. The third-order valence-electron chi connectivity index (χ3n) is 2.37. The lowest BCUT2D eigenvalue weighted by Crippen LogP contribution is -1.90. The van der Waals surface area contributed by atoms with E-state index < -0.39 is 5.82 Å². The maximum Gasteiger partial charge on any atom is 0.147 e. The molecule has 0 radical (unpaired) electrons. The van der Waals surface area contributed by atoms with Crippen LogP contribution < -0.4 is 5.73 Å². The monoisotopic (exact) mass is 329 g/mol. The summed E-state index contributed by atoms with van der Waals surface area (Å²) in [5.74, 6) is -0.155. The van der Waals surface area contributed by atoms with Crippen molar-refractivity contribution in [3.8, 4) is 0 Å². The quantitative estimate of drug-likeness (QED) is 0.657. The molecule has 2 rings (SSSR count). The van der Waals surface area contributed by atoms with Gasteiger partial charge in [0.15, 0.2) is 0 Å². The first-order valence-electron chi connectivity index (χ1n) is 5.18. The maximum atomic E-state index is 13.2. The predicted molar refractivity (Wildman–Crippen MR) is 74.5 cm³/mol. The van der Waals surface area contributed by atoms with Gasteiger partial charge in [-0.05, 0) is 42.0 Å². The number of hydrogen-bond donors (Lipinski definition) is 1. The van der Waals surface area contributed by atoms with Crippen molar-refractivity contribution in [1.82, 2.24) is 0 Å². The molecule has 0 aromatic heterocycles. The normalized spacial score (nSPS) is 10.6. The molecule has 1 nitrogen and oxygen atoms in total. The minimum atomic E-state index is -0.432. The highest BCUT2D eigenvalue weighted by molar-refractivity contribution is 9.10. The van der Waals surface area contributed by atoms with Crippen molar-refractivity contribution < 1.29 is 8.78 Å². The summed E-state index contributed by atoms with van der Waals surface area (Å²) >= 11 is 4.78. The van der Waals surface area contributed by atoms with Crippen LogP contribution in [0.4, 0.5) is 14.5 Å². The van der Waals surface area contributed by atoms with Crippen LogP contribution in [0, 0.1) is 11.6 Å². The molecule has 0 saturated heterocycles. The Morgan fingerprint density at radius 2 is 1.89 bits per heavy atom. The summed E-state index contributed by atoms with van der Waals surface area (Å²) in [6.45, 7) is 0. The number of hydrogen-bond acceptors (Lipinski definition) is 2. The van der Waals surface area contributed by atoms with Gasteiger partial charge in [-0.25, -0.2) is 8.78 Å². The standard InChI is InChI=1S/C13H10BrF2NS/c14-11-3-1-9(15)5-8(11)7-18-10-2-4-13(17)12(16)6-10/h1-6H,7,17H2. The average molecular weight is 330 g/mol. The zero-order chi connectivity index (χ0) is 13.1. The van der Waals surface area contributed by atoms with E-state index in [0.29, 0.717) is 5.75 Å². The Hall–Kier alpha value is -1.07. The van der Waals surface area contributed by atoms with Gasteiger partial charge in [0.05, 0.1) is 5.69 Å². The molecule has 94 valence electrons. The molecule has 0 atom stereocenters. The molecule has 0 saturated carbocycles. The zero-order valence-corrected chi connectivity index (χ0v) is 11.7. The average Bonchev–Trinajstić information content (AvgIpc) is 2.34. The Morgan fingerprint density at radius 1 is 1.11 bits per heavy atom. The molecule has 0 fully saturated rings. The van der Waals surface area contributed by atoms with E-state index >= 15 is 0 Å². The van der Waals surface area contributed by atoms with Crippen LogP contribution in [0.3, 0.4) is 0 Å². The molecule has 2 aromatic rings. The number of halogens is 3. The molecule has 0 aliphatic heterocycles. The molecular formula is C13H10BrF2NS. The number of nitrogen functional groups attached to an aromatic ring is 1. The Bertz CT molecular complexity index is 575. The number of thioether (sulfide) groups is 1. The van der Waals surface area contributed by atoms with E-state index in [2.05, 4.69) is 15.9 Å². The number of rotatable bonds is 3. The first kappa shape index (κ1) is 13.4. The largest absolute Gasteiger partial charge is 0.396 e. The number of nitrogens with two attached hydrogens (primary N) is 1. The van der Waals surface area contributed by atoms with Crippen molar-refractivity contribution >= 4 is 33.4 Å². The molecule has 2 aromatic carbocycles. The summed E-state index contributed by atoms with van der Waals surface area (Å²) in [5.41, 5.74) is 6.36. The Labute approximate surface area is 117 Å². The van der Waals surface area contributed by atoms with E-state index in [1.54, 1.807) is 12.1 Å². The lowest BCUT2D eigenvalue weighted by molar-refractivity contribution is 0.626. The summed E-state index contributed by atoms with van der Waals surface area (Å²) in [4.78, 5) is 0.762. The first-order chi connectivity index (χ1) is 8.56. The van der Waals surface area contributed by atoms with Crippen molar-refractivity contribution in [2.45, 2.75) is 10.6 Å². The zero-order valence-electron chi connectivity index (χ0n) is 9.29. The number of benzene rings is 2. The summed E-state index contributed by atoms with van der Waals surface area (Å²) in [6, 6.07) is 9.17. The first-order valence-corrected chi connectivity index (χ1v) is 6.96. The fourth-order valence-corrected chi connectivity index (χ4v) is 2.90.